The molecule has 108 valence electrons. The zero-order valence-electron chi connectivity index (χ0n) is 10.7. The summed E-state index contributed by atoms with van der Waals surface area (Å²) < 4.78 is 27.7. The fraction of sp³-hybridized carbons (Fsp3) is 0.600. The monoisotopic (exact) mass is 307 g/mol. The van der Waals surface area contributed by atoms with E-state index in [2.05, 4.69) is 9.71 Å². The summed E-state index contributed by atoms with van der Waals surface area (Å²) in [5, 5.41) is 8.84. The Hall–Kier alpha value is -1.06. The van der Waals surface area contributed by atoms with E-state index in [1.165, 1.54) is 24.3 Å². The number of rotatable bonds is 8. The van der Waals surface area contributed by atoms with E-state index in [0.29, 0.717) is 12.3 Å². The summed E-state index contributed by atoms with van der Waals surface area (Å²) in [6, 6.07) is -1.13. The first-order chi connectivity index (χ1) is 8.90. The minimum absolute atomic E-state index is 0.162. The molecule has 0 saturated heterocycles. The van der Waals surface area contributed by atoms with Crippen LogP contribution in [0.1, 0.15) is 13.3 Å². The highest BCUT2D eigenvalue weighted by Gasteiger charge is 2.26. The zero-order chi connectivity index (χ0) is 14.5. The molecular weight excluding hydrogens is 290 g/mol. The largest absolute Gasteiger partial charge is 0.480 e. The van der Waals surface area contributed by atoms with Crippen molar-refractivity contribution in [3.8, 4) is 0 Å². The third-order valence-corrected chi connectivity index (χ3v) is 4.46. The van der Waals surface area contributed by atoms with Gasteiger partial charge in [0.05, 0.1) is 6.33 Å². The van der Waals surface area contributed by atoms with E-state index in [1.807, 2.05) is 13.2 Å². The van der Waals surface area contributed by atoms with Gasteiger partial charge in [0.15, 0.2) is 5.03 Å². The Labute approximate surface area is 116 Å². The molecule has 1 heterocycles. The third kappa shape index (κ3) is 4.51. The van der Waals surface area contributed by atoms with Crippen LogP contribution in [0.15, 0.2) is 17.6 Å². The molecule has 1 aromatic heterocycles. The van der Waals surface area contributed by atoms with Crippen molar-refractivity contribution in [2.45, 2.75) is 31.0 Å². The van der Waals surface area contributed by atoms with Crippen LogP contribution in [0.3, 0.4) is 0 Å². The molecule has 0 aliphatic heterocycles. The van der Waals surface area contributed by atoms with Crippen LogP contribution in [-0.2, 0) is 21.4 Å². The molecular formula is C10H17N3O4S2. The number of nitrogens with one attached hydrogen (secondary N) is 1. The van der Waals surface area contributed by atoms with Crippen molar-refractivity contribution in [2.24, 2.45) is 0 Å². The molecule has 19 heavy (non-hydrogen) atoms. The number of aryl methyl sites for hydroxylation is 1. The minimum Gasteiger partial charge on any atom is -0.480 e. The Morgan fingerprint density at radius 2 is 2.32 bits per heavy atom. The van der Waals surface area contributed by atoms with Crippen LogP contribution in [0.4, 0.5) is 0 Å². The maximum atomic E-state index is 12.0. The van der Waals surface area contributed by atoms with Crippen molar-refractivity contribution < 1.29 is 18.3 Å². The molecule has 0 amide bonds. The quantitative estimate of drug-likeness (QED) is 0.720. The average molecular weight is 307 g/mol. The molecule has 1 rings (SSSR count). The highest BCUT2D eigenvalue weighted by molar-refractivity contribution is 7.98. The lowest BCUT2D eigenvalue weighted by Crippen LogP contribution is -2.41. The lowest BCUT2D eigenvalue weighted by atomic mass is 10.2. The van der Waals surface area contributed by atoms with Crippen molar-refractivity contribution in [1.82, 2.24) is 14.3 Å². The fourth-order valence-electron chi connectivity index (χ4n) is 1.37. The second-order valence-corrected chi connectivity index (χ2v) is 6.48. The van der Waals surface area contributed by atoms with Crippen LogP contribution in [-0.4, -0.2) is 47.1 Å². The molecule has 0 fully saturated rings. The topological polar surface area (TPSA) is 101 Å². The number of carbonyl (C=O) groups is 1. The van der Waals surface area contributed by atoms with Crippen LogP contribution in [0.25, 0.3) is 0 Å². The number of aliphatic carboxylic acids is 1. The van der Waals surface area contributed by atoms with Crippen LogP contribution >= 0.6 is 11.8 Å². The molecule has 0 spiro atoms. The first-order valence-corrected chi connectivity index (χ1v) is 8.54. The molecule has 0 radical (unpaired) electrons. The van der Waals surface area contributed by atoms with E-state index in [4.69, 9.17) is 5.11 Å². The summed E-state index contributed by atoms with van der Waals surface area (Å²) >= 11 is 1.46. The first kappa shape index (κ1) is 16.0. The second-order valence-electron chi connectivity index (χ2n) is 3.84. The Balaban J connectivity index is 2.84. The number of imidazole rings is 1. The standard InChI is InChI=1S/C10H17N3O4S2/c1-3-13-6-9(11-7-13)19(16,17)12-8(10(14)15)4-5-18-2/h6-8,12H,3-5H2,1-2H3,(H,14,15)/t8-/m0/s1. The Bertz CT molecular complexity index is 527. The van der Waals surface area contributed by atoms with Crippen molar-refractivity contribution in [2.75, 3.05) is 12.0 Å². The molecule has 9 heteroatoms. The predicted molar refractivity (Wildman–Crippen MR) is 72.6 cm³/mol. The van der Waals surface area contributed by atoms with E-state index in [-0.39, 0.29) is 11.4 Å². The van der Waals surface area contributed by atoms with Crippen molar-refractivity contribution in [3.05, 3.63) is 12.5 Å². The summed E-state index contributed by atoms with van der Waals surface area (Å²) in [7, 11) is -3.90. The Kier molecular flexibility index (Phi) is 5.83. The summed E-state index contributed by atoms with van der Waals surface area (Å²) in [5.74, 6) is -0.629. The number of hydrogen-bond donors (Lipinski definition) is 2. The van der Waals surface area contributed by atoms with Gasteiger partial charge in [0.25, 0.3) is 10.0 Å². The number of carboxylic acid groups (broad SMARTS) is 1. The van der Waals surface area contributed by atoms with Gasteiger partial charge in [-0.1, -0.05) is 0 Å². The van der Waals surface area contributed by atoms with E-state index in [9.17, 15) is 13.2 Å². The van der Waals surface area contributed by atoms with E-state index in [1.54, 1.807) is 4.57 Å². The molecule has 0 saturated carbocycles. The molecule has 0 unspecified atom stereocenters. The highest BCUT2D eigenvalue weighted by Crippen LogP contribution is 2.09. The van der Waals surface area contributed by atoms with Gasteiger partial charge >= 0.3 is 5.97 Å². The van der Waals surface area contributed by atoms with Crippen molar-refractivity contribution in [3.63, 3.8) is 0 Å². The van der Waals surface area contributed by atoms with Crippen molar-refractivity contribution >= 4 is 27.8 Å². The predicted octanol–water partition coefficient (Wildman–Crippen LogP) is 0.388. The molecule has 0 bridgehead atoms. The van der Waals surface area contributed by atoms with Gasteiger partial charge in [-0.05, 0) is 25.4 Å². The van der Waals surface area contributed by atoms with Gasteiger partial charge in [-0.25, -0.2) is 13.4 Å². The fourth-order valence-corrected chi connectivity index (χ4v) is 3.01. The highest BCUT2D eigenvalue weighted by atomic mass is 32.2. The number of hydrogen-bond acceptors (Lipinski definition) is 5. The second kappa shape index (κ2) is 6.92. The van der Waals surface area contributed by atoms with Gasteiger partial charge in [0, 0.05) is 12.7 Å². The molecule has 0 aliphatic carbocycles. The molecule has 0 aromatic carbocycles. The first-order valence-electron chi connectivity index (χ1n) is 5.66. The third-order valence-electron chi connectivity index (χ3n) is 2.46. The van der Waals surface area contributed by atoms with Crippen LogP contribution in [0, 0.1) is 0 Å². The number of sulfonamides is 1. The smallest absolute Gasteiger partial charge is 0.321 e. The van der Waals surface area contributed by atoms with E-state index >= 15 is 0 Å². The zero-order valence-corrected chi connectivity index (χ0v) is 12.4. The van der Waals surface area contributed by atoms with Crippen LogP contribution in [0.5, 0.6) is 0 Å². The Morgan fingerprint density at radius 3 is 2.79 bits per heavy atom. The summed E-state index contributed by atoms with van der Waals surface area (Å²) in [4.78, 5) is 14.8. The number of thioether (sulfide) groups is 1. The normalized spacial score (nSPS) is 13.4. The van der Waals surface area contributed by atoms with Gasteiger partial charge in [-0.15, -0.1) is 0 Å². The Morgan fingerprint density at radius 1 is 1.63 bits per heavy atom. The van der Waals surface area contributed by atoms with Crippen molar-refractivity contribution in [1.29, 1.82) is 0 Å². The maximum absolute atomic E-state index is 12.0. The van der Waals surface area contributed by atoms with Gasteiger partial charge in [-0.2, -0.15) is 16.5 Å². The van der Waals surface area contributed by atoms with Crippen LogP contribution < -0.4 is 4.72 Å². The molecule has 1 atom stereocenters. The lowest BCUT2D eigenvalue weighted by Gasteiger charge is -2.12. The molecule has 1 aromatic rings. The minimum atomic E-state index is -3.90. The lowest BCUT2D eigenvalue weighted by molar-refractivity contribution is -0.139. The molecule has 0 aliphatic rings. The average Bonchev–Trinajstić information content (AvgIpc) is 2.83. The van der Waals surface area contributed by atoms with Gasteiger partial charge < -0.3 is 9.67 Å². The molecule has 7 nitrogen and oxygen atoms in total. The number of aromatic nitrogens is 2. The summed E-state index contributed by atoms with van der Waals surface area (Å²) in [5.41, 5.74) is 0. The summed E-state index contributed by atoms with van der Waals surface area (Å²) in [6.45, 7) is 2.45. The molecule has 2 N–H and O–H groups in total. The van der Waals surface area contributed by atoms with E-state index < -0.39 is 22.0 Å². The van der Waals surface area contributed by atoms with Crippen LogP contribution in [0.2, 0.25) is 0 Å². The maximum Gasteiger partial charge on any atom is 0.321 e. The summed E-state index contributed by atoms with van der Waals surface area (Å²) in [6.07, 6.45) is 4.82. The van der Waals surface area contributed by atoms with Gasteiger partial charge in [-0.3, -0.25) is 4.79 Å². The van der Waals surface area contributed by atoms with E-state index in [0.717, 1.165) is 0 Å². The SMILES string of the molecule is CCn1cnc(S(=O)(=O)N[C@@H](CCSC)C(=O)O)c1. The van der Waals surface area contributed by atoms with Gasteiger partial charge in [0.2, 0.25) is 0 Å². The van der Waals surface area contributed by atoms with Gasteiger partial charge in [0.1, 0.15) is 6.04 Å². The number of nitrogens with zero attached hydrogens (tertiary/aromatic N) is 2. The number of carboxylic acids is 1.